The number of aliphatic carboxylic acids is 1. The molecule has 212 valence electrons. The van der Waals surface area contributed by atoms with E-state index >= 15 is 0 Å². The van der Waals surface area contributed by atoms with Crippen molar-refractivity contribution in [1.82, 2.24) is 14.7 Å². The molecule has 40 heavy (non-hydrogen) atoms. The molecule has 0 aliphatic heterocycles. The Morgan fingerprint density at radius 1 is 1.00 bits per heavy atom. The maximum atomic E-state index is 14.3. The molecule has 1 amide bonds. The average molecular weight is 584 g/mol. The lowest BCUT2D eigenvalue weighted by molar-refractivity contribution is -0.147. The number of carboxylic acid groups (broad SMARTS) is 1. The van der Waals surface area contributed by atoms with Gasteiger partial charge in [-0.2, -0.15) is 18.3 Å². The third kappa shape index (κ3) is 6.49. The van der Waals surface area contributed by atoms with Gasteiger partial charge in [0.15, 0.2) is 11.5 Å². The van der Waals surface area contributed by atoms with Gasteiger partial charge in [0.1, 0.15) is 11.6 Å². The van der Waals surface area contributed by atoms with Gasteiger partial charge in [-0.3, -0.25) is 19.1 Å². The van der Waals surface area contributed by atoms with Gasteiger partial charge >= 0.3 is 12.1 Å². The van der Waals surface area contributed by atoms with Crippen LogP contribution < -0.4 is 0 Å². The van der Waals surface area contributed by atoms with Crippen LogP contribution in [0.5, 0.6) is 0 Å². The zero-order valence-corrected chi connectivity index (χ0v) is 21.6. The Labute approximate surface area is 230 Å². The summed E-state index contributed by atoms with van der Waals surface area (Å²) in [5.41, 5.74) is -2.28. The molecule has 2 aromatic carbocycles. The number of hydrogen-bond donors (Lipinski definition) is 1. The largest absolute Gasteiger partial charge is 0.481 e. The van der Waals surface area contributed by atoms with Crippen LogP contribution in [-0.4, -0.2) is 44.0 Å². The molecule has 4 rings (SSSR count). The van der Waals surface area contributed by atoms with Gasteiger partial charge in [0.05, 0.1) is 35.3 Å². The minimum Gasteiger partial charge on any atom is -0.481 e. The monoisotopic (exact) mass is 583 g/mol. The van der Waals surface area contributed by atoms with Crippen molar-refractivity contribution in [1.29, 1.82) is 0 Å². The number of Topliss-reactive ketones (excluding diaryl/α,β-unsaturated/α-hetero) is 1. The van der Waals surface area contributed by atoms with Gasteiger partial charge in [-0.1, -0.05) is 23.7 Å². The lowest BCUT2D eigenvalue weighted by Gasteiger charge is -2.28. The lowest BCUT2D eigenvalue weighted by atomic mass is 9.86. The summed E-state index contributed by atoms with van der Waals surface area (Å²) in [5, 5.41) is 13.1. The van der Waals surface area contributed by atoms with Crippen LogP contribution in [0.2, 0.25) is 5.02 Å². The molecule has 1 aliphatic carbocycles. The third-order valence-electron chi connectivity index (χ3n) is 6.78. The summed E-state index contributed by atoms with van der Waals surface area (Å²) < 4.78 is 71.4. The molecule has 0 atom stereocenters. The molecule has 1 aliphatic rings. The predicted molar refractivity (Wildman–Crippen MR) is 133 cm³/mol. The van der Waals surface area contributed by atoms with E-state index in [1.165, 1.54) is 18.2 Å². The molecular weight excluding hydrogens is 561 g/mol. The van der Waals surface area contributed by atoms with E-state index < -0.39 is 71.8 Å². The third-order valence-corrected chi connectivity index (χ3v) is 7.11. The van der Waals surface area contributed by atoms with E-state index in [4.69, 9.17) is 11.6 Å². The maximum absolute atomic E-state index is 14.3. The smallest absolute Gasteiger partial charge is 0.433 e. The fraction of sp³-hybridized carbons (Fsp3) is 0.333. The van der Waals surface area contributed by atoms with Crippen LogP contribution in [0.3, 0.4) is 0 Å². The fourth-order valence-corrected chi connectivity index (χ4v) is 5.12. The summed E-state index contributed by atoms with van der Waals surface area (Å²) in [4.78, 5) is 38.6. The van der Waals surface area contributed by atoms with E-state index in [1.807, 2.05) is 0 Å². The number of amides is 1. The molecule has 1 aromatic heterocycles. The second-order valence-electron chi connectivity index (χ2n) is 9.53. The van der Waals surface area contributed by atoms with Crippen LogP contribution in [0.1, 0.15) is 63.7 Å². The molecule has 13 heteroatoms. The summed E-state index contributed by atoms with van der Waals surface area (Å²) in [6.45, 7) is -1.33. The maximum Gasteiger partial charge on any atom is 0.433 e. The quantitative estimate of drug-likeness (QED) is 0.253. The number of carboxylic acids is 1. The summed E-state index contributed by atoms with van der Waals surface area (Å²) >= 11 is 6.08. The van der Waals surface area contributed by atoms with E-state index in [1.54, 1.807) is 6.07 Å². The number of alkyl halides is 3. The van der Waals surface area contributed by atoms with Crippen molar-refractivity contribution in [3.05, 3.63) is 87.7 Å². The van der Waals surface area contributed by atoms with Crippen molar-refractivity contribution < 1.29 is 41.4 Å². The molecule has 3 aromatic rings. The molecule has 1 saturated carbocycles. The second kappa shape index (κ2) is 11.7. The highest BCUT2D eigenvalue weighted by Gasteiger charge is 2.43. The number of rotatable bonds is 8. The van der Waals surface area contributed by atoms with E-state index in [9.17, 15) is 41.4 Å². The number of aromatic nitrogens is 2. The number of ketones is 1. The van der Waals surface area contributed by atoms with Gasteiger partial charge in [-0.15, -0.1) is 0 Å². The number of halogens is 6. The molecule has 0 spiro atoms. The summed E-state index contributed by atoms with van der Waals surface area (Å²) in [6.07, 6.45) is -3.80. The molecular formula is C27H23ClF5N3O4. The first-order valence-corrected chi connectivity index (χ1v) is 12.6. The molecule has 0 radical (unpaired) electrons. The first-order valence-electron chi connectivity index (χ1n) is 12.2. The minimum absolute atomic E-state index is 0.00863. The van der Waals surface area contributed by atoms with Crippen molar-refractivity contribution in [2.24, 2.45) is 5.92 Å². The standard InChI is InChI=1S/C27H23ClF5N3O4/c28-22-4-2-1-3-20(22)23(37)14-35(13-15-9-17(29)11-18(30)10-15)25(38)21-12-34-36(24(21)27(31,32)33)19-7-5-16(6-8-19)26(39)40/h1-4,9-12,16,19H,5-8,13-14H2,(H,39,40). The normalized spacial score (nSPS) is 17.4. The van der Waals surface area contributed by atoms with Crippen LogP contribution >= 0.6 is 11.6 Å². The molecule has 7 nitrogen and oxygen atoms in total. The van der Waals surface area contributed by atoms with Crippen LogP contribution in [0.25, 0.3) is 0 Å². The van der Waals surface area contributed by atoms with Crippen LogP contribution in [0.15, 0.2) is 48.7 Å². The Morgan fingerprint density at radius 3 is 2.20 bits per heavy atom. The molecule has 1 fully saturated rings. The highest BCUT2D eigenvalue weighted by atomic mass is 35.5. The Morgan fingerprint density at radius 2 is 1.62 bits per heavy atom. The lowest BCUT2D eigenvalue weighted by Crippen LogP contribution is -2.37. The number of nitrogens with zero attached hydrogens (tertiary/aromatic N) is 3. The molecule has 1 heterocycles. The average Bonchev–Trinajstić information content (AvgIpc) is 3.33. The van der Waals surface area contributed by atoms with Crippen LogP contribution in [-0.2, 0) is 17.5 Å². The van der Waals surface area contributed by atoms with Gasteiger partial charge in [-0.25, -0.2) is 8.78 Å². The van der Waals surface area contributed by atoms with E-state index in [2.05, 4.69) is 5.10 Å². The van der Waals surface area contributed by atoms with Gasteiger partial charge in [0, 0.05) is 18.2 Å². The SMILES string of the molecule is O=C(CN(Cc1cc(F)cc(F)c1)C(=O)c1cnn(C2CCC(C(=O)O)CC2)c1C(F)(F)F)c1ccccc1Cl. The Balaban J connectivity index is 1.71. The number of carbonyl (C=O) groups excluding carboxylic acids is 2. The van der Waals surface area contributed by atoms with Crippen molar-refractivity contribution in [2.45, 2.75) is 44.4 Å². The fourth-order valence-electron chi connectivity index (χ4n) is 4.88. The molecule has 1 N–H and O–H groups in total. The first-order chi connectivity index (χ1) is 18.8. The van der Waals surface area contributed by atoms with Crippen molar-refractivity contribution in [3.63, 3.8) is 0 Å². The molecule has 0 unspecified atom stereocenters. The molecule has 0 bridgehead atoms. The first kappa shape index (κ1) is 29.2. The number of benzene rings is 2. The summed E-state index contributed by atoms with van der Waals surface area (Å²) in [7, 11) is 0. The Hall–Kier alpha value is -3.80. The zero-order valence-electron chi connectivity index (χ0n) is 20.8. The van der Waals surface area contributed by atoms with E-state index in [-0.39, 0.29) is 41.8 Å². The Kier molecular flexibility index (Phi) is 8.57. The van der Waals surface area contributed by atoms with Crippen LogP contribution in [0.4, 0.5) is 22.0 Å². The highest BCUT2D eigenvalue weighted by Crippen LogP contribution is 2.39. The van der Waals surface area contributed by atoms with Gasteiger partial charge in [0.25, 0.3) is 5.91 Å². The second-order valence-corrected chi connectivity index (χ2v) is 9.94. The minimum atomic E-state index is -5.03. The van der Waals surface area contributed by atoms with Gasteiger partial charge in [0.2, 0.25) is 0 Å². The molecule has 0 saturated heterocycles. The Bertz CT molecular complexity index is 1410. The number of hydrogen-bond acceptors (Lipinski definition) is 4. The predicted octanol–water partition coefficient (Wildman–Crippen LogP) is 6.17. The van der Waals surface area contributed by atoms with Crippen molar-refractivity contribution in [2.75, 3.05) is 6.54 Å². The van der Waals surface area contributed by atoms with Gasteiger partial charge < -0.3 is 10.0 Å². The van der Waals surface area contributed by atoms with Crippen molar-refractivity contribution >= 4 is 29.3 Å². The van der Waals surface area contributed by atoms with Crippen LogP contribution in [0, 0.1) is 17.6 Å². The summed E-state index contributed by atoms with van der Waals surface area (Å²) in [5.74, 6) is -5.59. The topological polar surface area (TPSA) is 92.5 Å². The van der Waals surface area contributed by atoms with Gasteiger partial charge in [-0.05, 0) is 55.5 Å². The summed E-state index contributed by atoms with van der Waals surface area (Å²) in [6, 6.07) is 7.47. The van der Waals surface area contributed by atoms with E-state index in [0.29, 0.717) is 10.7 Å². The highest BCUT2D eigenvalue weighted by molar-refractivity contribution is 6.34. The van der Waals surface area contributed by atoms with E-state index in [0.717, 1.165) is 23.2 Å². The number of carbonyl (C=O) groups is 3. The van der Waals surface area contributed by atoms with Crippen molar-refractivity contribution in [3.8, 4) is 0 Å². The zero-order chi connectivity index (χ0) is 29.2.